The molecule has 0 spiro atoms. The van der Waals surface area contributed by atoms with Crippen LogP contribution in [-0.2, 0) is 4.79 Å². The van der Waals surface area contributed by atoms with Crippen LogP contribution in [-0.4, -0.2) is 53.8 Å². The molecule has 1 aromatic carbocycles. The molecule has 2 atom stereocenters. The van der Waals surface area contributed by atoms with Crippen LogP contribution in [0.25, 0.3) is 0 Å². The SMILES string of the molecule is CC1(C)CC2N(C(=O)c3ccc(NC(=O)CN4CCCCC4)cc3)CC2(C)C1. The van der Waals surface area contributed by atoms with Gasteiger partial charge in [0, 0.05) is 29.3 Å². The molecule has 0 bridgehead atoms. The van der Waals surface area contributed by atoms with Gasteiger partial charge in [0.25, 0.3) is 5.91 Å². The molecule has 5 nitrogen and oxygen atoms in total. The van der Waals surface area contributed by atoms with Crippen LogP contribution in [0, 0.1) is 10.8 Å². The summed E-state index contributed by atoms with van der Waals surface area (Å²) in [7, 11) is 0. The average Bonchev–Trinajstić information content (AvgIpc) is 2.83. The summed E-state index contributed by atoms with van der Waals surface area (Å²) >= 11 is 0. The predicted octanol–water partition coefficient (Wildman–Crippen LogP) is 3.76. The lowest BCUT2D eigenvalue weighted by Gasteiger charge is -2.52. The first-order valence-electron chi connectivity index (χ1n) is 10.7. The third kappa shape index (κ3) is 3.82. The first-order chi connectivity index (χ1) is 13.3. The number of anilines is 1. The number of carbonyl (C=O) groups excluding carboxylic acids is 2. The van der Waals surface area contributed by atoms with E-state index >= 15 is 0 Å². The van der Waals surface area contributed by atoms with Crippen molar-refractivity contribution in [1.29, 1.82) is 0 Å². The van der Waals surface area contributed by atoms with Crippen LogP contribution in [0.3, 0.4) is 0 Å². The van der Waals surface area contributed by atoms with E-state index in [-0.39, 0.29) is 17.2 Å². The van der Waals surface area contributed by atoms with Gasteiger partial charge in [0.15, 0.2) is 0 Å². The summed E-state index contributed by atoms with van der Waals surface area (Å²) in [5.74, 6) is 0.138. The molecule has 2 unspecified atom stereocenters. The molecule has 1 aromatic rings. The zero-order valence-corrected chi connectivity index (χ0v) is 17.5. The molecule has 2 saturated heterocycles. The third-order valence-corrected chi connectivity index (χ3v) is 6.83. The van der Waals surface area contributed by atoms with Crippen molar-refractivity contribution in [1.82, 2.24) is 9.80 Å². The second-order valence-corrected chi connectivity index (χ2v) is 10.1. The van der Waals surface area contributed by atoms with E-state index in [2.05, 4.69) is 31.0 Å². The van der Waals surface area contributed by atoms with Gasteiger partial charge in [-0.25, -0.2) is 0 Å². The lowest BCUT2D eigenvalue weighted by atomic mass is 9.74. The minimum Gasteiger partial charge on any atom is -0.334 e. The lowest BCUT2D eigenvalue weighted by molar-refractivity contribution is -0.117. The molecule has 0 aromatic heterocycles. The Morgan fingerprint density at radius 3 is 2.39 bits per heavy atom. The van der Waals surface area contributed by atoms with E-state index < -0.39 is 0 Å². The fraction of sp³-hybridized carbons (Fsp3) is 0.652. The highest BCUT2D eigenvalue weighted by Gasteiger charge is 2.59. The molecule has 28 heavy (non-hydrogen) atoms. The number of hydrogen-bond acceptors (Lipinski definition) is 3. The molecular weight excluding hydrogens is 350 g/mol. The van der Waals surface area contributed by atoms with Gasteiger partial charge in [0.1, 0.15) is 0 Å². The average molecular weight is 384 g/mol. The van der Waals surface area contributed by atoms with E-state index in [1.807, 2.05) is 29.2 Å². The van der Waals surface area contributed by atoms with Gasteiger partial charge in [0.2, 0.25) is 5.91 Å². The van der Waals surface area contributed by atoms with Gasteiger partial charge >= 0.3 is 0 Å². The van der Waals surface area contributed by atoms with E-state index in [1.54, 1.807) is 0 Å². The number of carbonyl (C=O) groups is 2. The number of rotatable bonds is 4. The summed E-state index contributed by atoms with van der Waals surface area (Å²) in [6.45, 7) is 10.2. The van der Waals surface area contributed by atoms with Crippen LogP contribution in [0.15, 0.2) is 24.3 Å². The second kappa shape index (κ2) is 7.18. The summed E-state index contributed by atoms with van der Waals surface area (Å²) in [4.78, 5) is 29.5. The first-order valence-corrected chi connectivity index (χ1v) is 10.7. The van der Waals surface area contributed by atoms with Crippen LogP contribution >= 0.6 is 0 Å². The molecule has 2 amide bonds. The van der Waals surface area contributed by atoms with E-state index in [4.69, 9.17) is 0 Å². The van der Waals surface area contributed by atoms with Crippen molar-refractivity contribution in [2.24, 2.45) is 10.8 Å². The Morgan fingerprint density at radius 1 is 1.07 bits per heavy atom. The fourth-order valence-corrected chi connectivity index (χ4v) is 5.68. The summed E-state index contributed by atoms with van der Waals surface area (Å²) < 4.78 is 0. The minimum atomic E-state index is 0.0210. The van der Waals surface area contributed by atoms with Crippen LogP contribution in [0.5, 0.6) is 0 Å². The topological polar surface area (TPSA) is 52.7 Å². The van der Waals surface area contributed by atoms with Gasteiger partial charge in [-0.1, -0.05) is 27.2 Å². The second-order valence-electron chi connectivity index (χ2n) is 10.1. The maximum atomic E-state index is 13.0. The van der Waals surface area contributed by atoms with Gasteiger partial charge in [-0.05, 0) is 68.5 Å². The largest absolute Gasteiger partial charge is 0.334 e. The van der Waals surface area contributed by atoms with Crippen molar-refractivity contribution < 1.29 is 9.59 Å². The zero-order chi connectivity index (χ0) is 19.9. The molecule has 1 aliphatic carbocycles. The Kier molecular flexibility index (Phi) is 4.98. The Labute approximate surface area is 168 Å². The van der Waals surface area contributed by atoms with Crippen molar-refractivity contribution in [3.8, 4) is 0 Å². The van der Waals surface area contributed by atoms with Crippen LogP contribution in [0.1, 0.15) is 63.2 Å². The van der Waals surface area contributed by atoms with Crippen molar-refractivity contribution >= 4 is 17.5 Å². The summed E-state index contributed by atoms with van der Waals surface area (Å²) in [5.41, 5.74) is 2.06. The Bertz CT molecular complexity index is 752. The molecule has 2 aliphatic heterocycles. The Hall–Kier alpha value is -1.88. The minimum absolute atomic E-state index is 0.0210. The summed E-state index contributed by atoms with van der Waals surface area (Å²) in [6, 6.07) is 7.74. The van der Waals surface area contributed by atoms with Crippen LogP contribution in [0.4, 0.5) is 5.69 Å². The number of nitrogens with one attached hydrogen (secondary N) is 1. The van der Waals surface area contributed by atoms with Gasteiger partial charge in [-0.15, -0.1) is 0 Å². The highest BCUT2D eigenvalue weighted by Crippen LogP contribution is 2.57. The van der Waals surface area contributed by atoms with E-state index in [9.17, 15) is 9.59 Å². The zero-order valence-electron chi connectivity index (χ0n) is 17.5. The van der Waals surface area contributed by atoms with Gasteiger partial charge in [-0.2, -0.15) is 0 Å². The number of fused-ring (bicyclic) bond motifs is 1. The molecule has 3 aliphatic rings. The van der Waals surface area contributed by atoms with E-state index in [1.165, 1.54) is 25.7 Å². The third-order valence-electron chi connectivity index (χ3n) is 6.83. The number of hydrogen-bond donors (Lipinski definition) is 1. The van der Waals surface area contributed by atoms with Crippen molar-refractivity contribution in [2.75, 3.05) is 31.5 Å². The monoisotopic (exact) mass is 383 g/mol. The molecule has 0 radical (unpaired) electrons. The van der Waals surface area contributed by atoms with Crippen molar-refractivity contribution in [3.05, 3.63) is 29.8 Å². The molecule has 152 valence electrons. The standard InChI is InChI=1S/C23H33N3O2/c1-22(2)13-19-23(3,15-22)16-26(19)21(28)17-7-9-18(10-8-17)24-20(27)14-25-11-5-4-6-12-25/h7-10,19H,4-6,11-16H2,1-3H3,(H,24,27). The molecule has 5 heteroatoms. The fourth-order valence-electron chi connectivity index (χ4n) is 5.68. The highest BCUT2D eigenvalue weighted by molar-refractivity contribution is 5.97. The van der Waals surface area contributed by atoms with Crippen molar-refractivity contribution in [2.45, 2.75) is 58.9 Å². The lowest BCUT2D eigenvalue weighted by Crippen LogP contribution is -2.62. The highest BCUT2D eigenvalue weighted by atomic mass is 16.2. The van der Waals surface area contributed by atoms with Crippen LogP contribution in [0.2, 0.25) is 0 Å². The quantitative estimate of drug-likeness (QED) is 0.861. The molecule has 1 N–H and O–H groups in total. The molecule has 3 fully saturated rings. The van der Waals surface area contributed by atoms with Gasteiger partial charge < -0.3 is 10.2 Å². The molecule has 2 heterocycles. The number of benzene rings is 1. The first kappa shape index (κ1) is 19.4. The Morgan fingerprint density at radius 2 is 1.75 bits per heavy atom. The predicted molar refractivity (Wildman–Crippen MR) is 111 cm³/mol. The van der Waals surface area contributed by atoms with E-state index in [0.717, 1.165) is 31.7 Å². The molecular formula is C23H33N3O2. The number of piperidine rings is 1. The molecule has 4 rings (SSSR count). The molecule has 1 saturated carbocycles. The Balaban J connectivity index is 1.33. The maximum absolute atomic E-state index is 13.0. The van der Waals surface area contributed by atoms with Gasteiger partial charge in [-0.3, -0.25) is 14.5 Å². The summed E-state index contributed by atoms with van der Waals surface area (Å²) in [5, 5.41) is 2.96. The number of amides is 2. The maximum Gasteiger partial charge on any atom is 0.254 e. The van der Waals surface area contributed by atoms with Crippen molar-refractivity contribution in [3.63, 3.8) is 0 Å². The smallest absolute Gasteiger partial charge is 0.254 e. The normalized spacial score (nSPS) is 29.1. The summed E-state index contributed by atoms with van der Waals surface area (Å²) in [6.07, 6.45) is 5.90. The van der Waals surface area contributed by atoms with Gasteiger partial charge in [0.05, 0.1) is 6.54 Å². The van der Waals surface area contributed by atoms with Crippen LogP contribution < -0.4 is 5.32 Å². The number of likely N-dealkylation sites (tertiary alicyclic amines) is 2. The number of nitrogens with zero attached hydrogens (tertiary/aromatic N) is 2. The van der Waals surface area contributed by atoms with E-state index in [0.29, 0.717) is 23.6 Å².